The van der Waals surface area contributed by atoms with Crippen LogP contribution in [-0.2, 0) is 4.79 Å². The lowest BCUT2D eigenvalue weighted by Gasteiger charge is -2.25. The predicted molar refractivity (Wildman–Crippen MR) is 97.7 cm³/mol. The Bertz CT molecular complexity index is 723. The Kier molecular flexibility index (Phi) is 5.59. The summed E-state index contributed by atoms with van der Waals surface area (Å²) in [6, 6.07) is 14.2. The van der Waals surface area contributed by atoms with Gasteiger partial charge in [0.15, 0.2) is 0 Å². The van der Waals surface area contributed by atoms with Gasteiger partial charge in [0.25, 0.3) is 0 Å². The molecule has 1 amide bonds. The summed E-state index contributed by atoms with van der Waals surface area (Å²) in [5, 5.41) is 23.2. The number of nitrogens with one attached hydrogen (secondary N) is 1. The van der Waals surface area contributed by atoms with Gasteiger partial charge in [-0.2, -0.15) is 0 Å². The Morgan fingerprint density at radius 3 is 2.52 bits per heavy atom. The molecule has 0 radical (unpaired) electrons. The van der Waals surface area contributed by atoms with Crippen molar-refractivity contribution in [2.24, 2.45) is 0 Å². The SMILES string of the molecule is O=C(C[C@H](c1cccc(O)c1)c1ccccc1O)NC1CCCCC1. The molecule has 1 aliphatic carbocycles. The molecular weight excluding hydrogens is 314 g/mol. The largest absolute Gasteiger partial charge is 0.508 e. The highest BCUT2D eigenvalue weighted by Crippen LogP contribution is 2.35. The Morgan fingerprint density at radius 1 is 1.04 bits per heavy atom. The molecule has 3 rings (SSSR count). The Labute approximate surface area is 148 Å². The van der Waals surface area contributed by atoms with Crippen LogP contribution in [0.4, 0.5) is 0 Å². The molecule has 0 aromatic heterocycles. The molecule has 2 aromatic carbocycles. The van der Waals surface area contributed by atoms with Crippen molar-refractivity contribution in [2.45, 2.75) is 50.5 Å². The van der Waals surface area contributed by atoms with Crippen molar-refractivity contribution in [3.05, 3.63) is 59.7 Å². The summed E-state index contributed by atoms with van der Waals surface area (Å²) in [4.78, 5) is 12.6. The summed E-state index contributed by atoms with van der Waals surface area (Å²) in [7, 11) is 0. The van der Waals surface area contributed by atoms with Gasteiger partial charge in [-0.15, -0.1) is 0 Å². The zero-order valence-corrected chi connectivity index (χ0v) is 14.3. The van der Waals surface area contributed by atoms with Gasteiger partial charge >= 0.3 is 0 Å². The van der Waals surface area contributed by atoms with Crippen molar-refractivity contribution in [3.63, 3.8) is 0 Å². The standard InChI is InChI=1S/C21H25NO3/c23-17-10-6-7-15(13-17)19(18-11-4-5-12-20(18)24)14-21(25)22-16-8-2-1-3-9-16/h4-7,10-13,16,19,23-24H,1-3,8-9,14H2,(H,22,25)/t19-/m1/s1. The van der Waals surface area contributed by atoms with Crippen LogP contribution in [0.5, 0.6) is 11.5 Å². The van der Waals surface area contributed by atoms with Crippen molar-refractivity contribution < 1.29 is 15.0 Å². The van der Waals surface area contributed by atoms with E-state index < -0.39 is 0 Å². The number of hydrogen-bond acceptors (Lipinski definition) is 3. The van der Waals surface area contributed by atoms with E-state index in [2.05, 4.69) is 5.32 Å². The quantitative estimate of drug-likeness (QED) is 0.769. The van der Waals surface area contributed by atoms with Crippen molar-refractivity contribution >= 4 is 5.91 Å². The number of carbonyl (C=O) groups excluding carboxylic acids is 1. The third kappa shape index (κ3) is 4.53. The van der Waals surface area contributed by atoms with Crippen LogP contribution < -0.4 is 5.32 Å². The Hall–Kier alpha value is -2.49. The van der Waals surface area contributed by atoms with Crippen molar-refractivity contribution in [3.8, 4) is 11.5 Å². The van der Waals surface area contributed by atoms with Gasteiger partial charge in [-0.3, -0.25) is 4.79 Å². The van der Waals surface area contributed by atoms with E-state index in [-0.39, 0.29) is 35.8 Å². The van der Waals surface area contributed by atoms with Crippen LogP contribution in [0.2, 0.25) is 0 Å². The van der Waals surface area contributed by atoms with E-state index in [9.17, 15) is 15.0 Å². The molecule has 25 heavy (non-hydrogen) atoms. The second-order valence-electron chi connectivity index (χ2n) is 6.81. The Balaban J connectivity index is 1.81. The summed E-state index contributed by atoms with van der Waals surface area (Å²) < 4.78 is 0. The normalized spacial score (nSPS) is 16.3. The van der Waals surface area contributed by atoms with Crippen LogP contribution in [0.3, 0.4) is 0 Å². The van der Waals surface area contributed by atoms with Crippen LogP contribution in [-0.4, -0.2) is 22.2 Å². The first kappa shape index (κ1) is 17.3. The molecule has 1 fully saturated rings. The van der Waals surface area contributed by atoms with Gasteiger partial charge in [0.2, 0.25) is 5.91 Å². The number of rotatable bonds is 5. The van der Waals surface area contributed by atoms with Crippen LogP contribution in [0, 0.1) is 0 Å². The maximum Gasteiger partial charge on any atom is 0.221 e. The molecular formula is C21H25NO3. The van der Waals surface area contributed by atoms with Gasteiger partial charge in [0.1, 0.15) is 11.5 Å². The van der Waals surface area contributed by atoms with Gasteiger partial charge in [-0.05, 0) is 36.6 Å². The topological polar surface area (TPSA) is 69.6 Å². The average molecular weight is 339 g/mol. The summed E-state index contributed by atoms with van der Waals surface area (Å²) in [6.07, 6.45) is 5.91. The van der Waals surface area contributed by atoms with Crippen molar-refractivity contribution in [1.29, 1.82) is 0 Å². The fourth-order valence-electron chi connectivity index (χ4n) is 3.65. The number of benzene rings is 2. The van der Waals surface area contributed by atoms with Crippen molar-refractivity contribution in [2.75, 3.05) is 0 Å². The molecule has 0 saturated heterocycles. The number of para-hydroxylation sites is 1. The third-order valence-electron chi connectivity index (χ3n) is 4.94. The summed E-state index contributed by atoms with van der Waals surface area (Å²) in [5.74, 6) is 0.0207. The highest BCUT2D eigenvalue weighted by molar-refractivity contribution is 5.78. The minimum Gasteiger partial charge on any atom is -0.508 e. The van der Waals surface area contributed by atoms with Crippen molar-refractivity contribution in [1.82, 2.24) is 5.32 Å². The zero-order chi connectivity index (χ0) is 17.6. The first-order valence-electron chi connectivity index (χ1n) is 8.99. The minimum absolute atomic E-state index is 0.0107. The highest BCUT2D eigenvalue weighted by atomic mass is 16.3. The number of aromatic hydroxyl groups is 2. The number of carbonyl (C=O) groups is 1. The predicted octanol–water partition coefficient (Wildman–Crippen LogP) is 4.07. The van der Waals surface area contributed by atoms with E-state index in [1.807, 2.05) is 18.2 Å². The monoisotopic (exact) mass is 339 g/mol. The zero-order valence-electron chi connectivity index (χ0n) is 14.3. The van der Waals surface area contributed by atoms with E-state index in [1.165, 1.54) is 19.3 Å². The first-order chi connectivity index (χ1) is 12.1. The molecule has 1 aliphatic rings. The number of phenols is 2. The van der Waals surface area contributed by atoms with Crippen LogP contribution in [0.1, 0.15) is 55.6 Å². The number of amides is 1. The lowest BCUT2D eigenvalue weighted by Crippen LogP contribution is -2.36. The molecule has 3 N–H and O–H groups in total. The van der Waals surface area contributed by atoms with E-state index >= 15 is 0 Å². The van der Waals surface area contributed by atoms with Crippen LogP contribution in [0.15, 0.2) is 48.5 Å². The summed E-state index contributed by atoms with van der Waals surface area (Å²) >= 11 is 0. The number of hydrogen-bond donors (Lipinski definition) is 3. The molecule has 4 heteroatoms. The fraction of sp³-hybridized carbons (Fsp3) is 0.381. The molecule has 132 valence electrons. The van der Waals surface area contributed by atoms with Crippen LogP contribution in [0.25, 0.3) is 0 Å². The molecule has 0 unspecified atom stereocenters. The molecule has 0 heterocycles. The number of phenolic OH excluding ortho intramolecular Hbond substituents is 2. The minimum atomic E-state index is -0.295. The van der Waals surface area contributed by atoms with E-state index in [4.69, 9.17) is 0 Å². The highest BCUT2D eigenvalue weighted by Gasteiger charge is 2.23. The second-order valence-corrected chi connectivity index (χ2v) is 6.81. The maximum atomic E-state index is 12.6. The third-order valence-corrected chi connectivity index (χ3v) is 4.94. The summed E-state index contributed by atoms with van der Waals surface area (Å²) in [6.45, 7) is 0. The Morgan fingerprint density at radius 2 is 1.80 bits per heavy atom. The molecule has 0 bridgehead atoms. The smallest absolute Gasteiger partial charge is 0.221 e. The average Bonchev–Trinajstić information content (AvgIpc) is 2.61. The van der Waals surface area contributed by atoms with Gasteiger partial charge in [-0.1, -0.05) is 49.6 Å². The first-order valence-corrected chi connectivity index (χ1v) is 8.99. The van der Waals surface area contributed by atoms with Gasteiger partial charge < -0.3 is 15.5 Å². The molecule has 4 nitrogen and oxygen atoms in total. The molecule has 0 spiro atoms. The molecule has 1 atom stereocenters. The van der Waals surface area contributed by atoms with E-state index in [0.29, 0.717) is 5.56 Å². The molecule has 0 aliphatic heterocycles. The van der Waals surface area contributed by atoms with Gasteiger partial charge in [-0.25, -0.2) is 0 Å². The lowest BCUT2D eigenvalue weighted by atomic mass is 9.87. The fourth-order valence-corrected chi connectivity index (χ4v) is 3.65. The lowest BCUT2D eigenvalue weighted by molar-refractivity contribution is -0.122. The van der Waals surface area contributed by atoms with Gasteiger partial charge in [0.05, 0.1) is 0 Å². The van der Waals surface area contributed by atoms with E-state index in [0.717, 1.165) is 18.4 Å². The molecule has 1 saturated carbocycles. The maximum absolute atomic E-state index is 12.6. The summed E-state index contributed by atoms with van der Waals surface area (Å²) in [5.41, 5.74) is 1.52. The second kappa shape index (κ2) is 8.06. The molecule has 2 aromatic rings. The van der Waals surface area contributed by atoms with Gasteiger partial charge in [0, 0.05) is 23.9 Å². The van der Waals surface area contributed by atoms with Crippen LogP contribution >= 0.6 is 0 Å². The van der Waals surface area contributed by atoms with E-state index in [1.54, 1.807) is 30.3 Å².